The number of rotatable bonds is 6. The fourth-order valence-corrected chi connectivity index (χ4v) is 42.8. The van der Waals surface area contributed by atoms with Crippen LogP contribution in [0.2, 0.25) is 20.4 Å². The Kier molecular flexibility index (Phi) is 7.57. The topological polar surface area (TPSA) is 0 Å². The number of hydrogen-bond acceptors (Lipinski definition) is 0. The Bertz CT molecular complexity index is 1700. The van der Waals surface area contributed by atoms with Crippen LogP contribution in [0.3, 0.4) is 0 Å². The van der Waals surface area contributed by atoms with Gasteiger partial charge in [0.05, 0.1) is 0 Å². The van der Waals surface area contributed by atoms with E-state index in [0.29, 0.717) is 18.4 Å². The molecule has 0 N–H and O–H groups in total. The van der Waals surface area contributed by atoms with Crippen molar-refractivity contribution < 1.29 is 20.0 Å². The van der Waals surface area contributed by atoms with E-state index in [9.17, 15) is 0 Å². The first-order valence-corrected chi connectivity index (χ1v) is 30.5. The molecule has 1 fully saturated rings. The summed E-state index contributed by atoms with van der Waals surface area (Å²) in [4.78, 5) is 0. The summed E-state index contributed by atoms with van der Waals surface area (Å²) < 4.78 is 6.93. The van der Waals surface area contributed by atoms with Gasteiger partial charge in [0.25, 0.3) is 0 Å². The first-order valence-electron chi connectivity index (χ1n) is 17.0. The van der Waals surface area contributed by atoms with Crippen molar-refractivity contribution in [3.63, 3.8) is 0 Å². The Balaban J connectivity index is 1.52. The summed E-state index contributed by atoms with van der Waals surface area (Å²) in [5.74, 6) is 0. The van der Waals surface area contributed by atoms with Crippen LogP contribution in [-0.2, 0) is 32.8 Å². The maximum atomic E-state index is 2.81. The Hall–Kier alpha value is -2.55. The number of fused-ring (bicyclic) bond motifs is 6. The summed E-state index contributed by atoms with van der Waals surface area (Å²) in [5, 5.41) is 3.77. The Labute approximate surface area is 271 Å². The molecule has 1 saturated heterocycles. The molecule has 3 aliphatic rings. The van der Waals surface area contributed by atoms with E-state index >= 15 is 0 Å². The van der Waals surface area contributed by atoms with Crippen LogP contribution in [0.4, 0.5) is 0 Å². The molecule has 7 rings (SSSR count). The SMILES string of the molecule is CCc1ccccc1-c1cccc2c1C=C1[CH]2[Hf]([CH3])([CH3])[CH]2C(=Cc3c(-c4ccccc4CC)cccc32)[Si]1(C(C)C)C(C)C. The summed E-state index contributed by atoms with van der Waals surface area (Å²) >= 11 is -3.12. The molecule has 0 bridgehead atoms. The summed E-state index contributed by atoms with van der Waals surface area (Å²) in [7, 11) is -2.10. The van der Waals surface area contributed by atoms with Gasteiger partial charge >= 0.3 is 273 Å². The molecular formula is C42H48HfSi. The third kappa shape index (κ3) is 4.09. The first-order chi connectivity index (χ1) is 21.2. The second-order valence-electron chi connectivity index (χ2n) is 14.7. The summed E-state index contributed by atoms with van der Waals surface area (Å²) in [5.41, 5.74) is 16.4. The summed E-state index contributed by atoms with van der Waals surface area (Å²) in [6, 6.07) is 32.9. The van der Waals surface area contributed by atoms with Gasteiger partial charge in [-0.25, -0.2) is 0 Å². The van der Waals surface area contributed by atoms with Gasteiger partial charge in [0, 0.05) is 0 Å². The Morgan fingerprint density at radius 2 is 0.932 bits per heavy atom. The molecule has 1 aliphatic heterocycles. The minimum absolute atomic E-state index is 0.649. The van der Waals surface area contributed by atoms with Crippen LogP contribution in [0, 0.1) is 0 Å². The second-order valence-corrected chi connectivity index (χ2v) is 37.1. The van der Waals surface area contributed by atoms with Crippen molar-refractivity contribution in [3.05, 3.63) is 129 Å². The van der Waals surface area contributed by atoms with Gasteiger partial charge in [-0.2, -0.15) is 0 Å². The van der Waals surface area contributed by atoms with E-state index < -0.39 is 28.0 Å². The Morgan fingerprint density at radius 1 is 0.545 bits per heavy atom. The van der Waals surface area contributed by atoms with E-state index in [1.54, 1.807) is 22.3 Å². The van der Waals surface area contributed by atoms with Crippen molar-refractivity contribution in [3.8, 4) is 22.3 Å². The van der Waals surface area contributed by atoms with Crippen LogP contribution < -0.4 is 0 Å². The van der Waals surface area contributed by atoms with Crippen molar-refractivity contribution in [1.29, 1.82) is 0 Å². The molecule has 2 heteroatoms. The molecule has 1 heterocycles. The third-order valence-electron chi connectivity index (χ3n) is 11.8. The predicted octanol–water partition coefficient (Wildman–Crippen LogP) is 12.3. The Morgan fingerprint density at radius 3 is 1.32 bits per heavy atom. The second kappa shape index (κ2) is 11.1. The van der Waals surface area contributed by atoms with Crippen molar-refractivity contribution in [2.75, 3.05) is 0 Å². The fourth-order valence-electron chi connectivity index (χ4n) is 10.1. The zero-order valence-electron chi connectivity index (χ0n) is 28.0. The molecule has 224 valence electrons. The maximum absolute atomic E-state index is 3.12. The molecular weight excluding hydrogens is 711 g/mol. The third-order valence-corrected chi connectivity index (χ3v) is 35.4. The van der Waals surface area contributed by atoms with E-state index in [-0.39, 0.29) is 0 Å². The summed E-state index contributed by atoms with van der Waals surface area (Å²) in [6.45, 7) is 14.9. The van der Waals surface area contributed by atoms with E-state index in [4.69, 9.17) is 0 Å². The predicted molar refractivity (Wildman–Crippen MR) is 192 cm³/mol. The van der Waals surface area contributed by atoms with Crippen molar-refractivity contribution in [2.45, 2.75) is 82.2 Å². The van der Waals surface area contributed by atoms with Gasteiger partial charge < -0.3 is 0 Å². The standard InChI is InChI=1S/C40H42Si.2CH3.Hf/c1-7-29-15-9-11-19-35(29)37-21-13-17-31-23-33(25-39(31)37)41(27(3)4,28(5)6)34-24-32-18-14-22-38(40(32)26-34)36-20-12-10-16-30(36)8-2;;;/h9-28H,7-8H2,1-6H3;2*1H3;. The normalized spacial score (nSPS) is 20.6. The van der Waals surface area contributed by atoms with E-state index in [2.05, 4.69) is 148 Å². The molecule has 4 aromatic carbocycles. The average molecular weight is 759 g/mol. The van der Waals surface area contributed by atoms with E-state index in [1.807, 2.05) is 10.4 Å². The summed E-state index contributed by atoms with van der Waals surface area (Å²) in [6.07, 6.45) is 7.70. The van der Waals surface area contributed by atoms with Crippen LogP contribution >= 0.6 is 0 Å². The average Bonchev–Trinajstić information content (AvgIpc) is 3.62. The molecule has 44 heavy (non-hydrogen) atoms. The van der Waals surface area contributed by atoms with Crippen LogP contribution in [-0.4, -0.2) is 8.07 Å². The molecule has 0 saturated carbocycles. The van der Waals surface area contributed by atoms with Crippen LogP contribution in [0.1, 0.15) is 82.3 Å². The van der Waals surface area contributed by atoms with Crippen molar-refractivity contribution in [1.82, 2.24) is 0 Å². The quantitative estimate of drug-likeness (QED) is 0.172. The zero-order chi connectivity index (χ0) is 31.0. The number of aryl methyl sites for hydroxylation is 2. The van der Waals surface area contributed by atoms with Gasteiger partial charge in [-0.3, -0.25) is 0 Å². The van der Waals surface area contributed by atoms with Gasteiger partial charge in [0.1, 0.15) is 0 Å². The van der Waals surface area contributed by atoms with Gasteiger partial charge in [0.15, 0.2) is 0 Å². The number of hydrogen-bond donors (Lipinski definition) is 0. The molecule has 2 unspecified atom stereocenters. The van der Waals surface area contributed by atoms with Gasteiger partial charge in [-0.15, -0.1) is 0 Å². The molecule has 2 aliphatic carbocycles. The van der Waals surface area contributed by atoms with Crippen molar-refractivity contribution in [2.24, 2.45) is 0 Å². The van der Waals surface area contributed by atoms with Gasteiger partial charge in [-0.1, -0.05) is 0 Å². The molecule has 0 aromatic heterocycles. The minimum atomic E-state index is -3.12. The molecule has 0 nitrogen and oxygen atoms in total. The van der Waals surface area contributed by atoms with Crippen molar-refractivity contribution >= 4 is 20.2 Å². The number of benzene rings is 4. The molecule has 0 radical (unpaired) electrons. The fraction of sp³-hybridized carbons (Fsp3) is 0.333. The van der Waals surface area contributed by atoms with Gasteiger partial charge in [0.2, 0.25) is 0 Å². The van der Waals surface area contributed by atoms with Gasteiger partial charge in [-0.05, 0) is 0 Å². The van der Waals surface area contributed by atoms with Crippen LogP contribution in [0.15, 0.2) is 95.3 Å². The monoisotopic (exact) mass is 760 g/mol. The number of allylic oxidation sites excluding steroid dienone is 2. The molecule has 0 spiro atoms. The van der Waals surface area contributed by atoms with E-state index in [1.165, 1.54) is 33.4 Å². The zero-order valence-corrected chi connectivity index (χ0v) is 32.6. The van der Waals surface area contributed by atoms with E-state index in [0.717, 1.165) is 12.8 Å². The molecule has 2 atom stereocenters. The first kappa shape index (κ1) is 30.1. The molecule has 4 aromatic rings. The molecule has 0 amide bonds. The van der Waals surface area contributed by atoms with Crippen LogP contribution in [0.25, 0.3) is 34.4 Å². The van der Waals surface area contributed by atoms with Crippen LogP contribution in [0.5, 0.6) is 0 Å².